The Balaban J connectivity index is -0.0000000595. The topological polar surface area (TPSA) is 202 Å². The molecule has 1 N–H and O–H groups in total. The maximum atomic E-state index is 10.6. The van der Waals surface area contributed by atoms with Gasteiger partial charge in [0.2, 0.25) is 5.91 Å². The first-order valence-electron chi connectivity index (χ1n) is 4.62. The molecule has 0 saturated carbocycles. The zero-order valence-corrected chi connectivity index (χ0v) is 19.6. The number of hydrogen-bond acceptors (Lipinski definition) is 9. The quantitative estimate of drug-likeness (QED) is 0.290. The van der Waals surface area contributed by atoms with Crippen LogP contribution in [0.4, 0.5) is 0 Å². The molecule has 1 rings (SSSR count). The second kappa shape index (κ2) is 19.8. The zero-order chi connectivity index (χ0) is 14.8. The van der Waals surface area contributed by atoms with Crippen LogP contribution in [0.25, 0.3) is 0 Å². The van der Waals surface area contributed by atoms with Gasteiger partial charge in [-0.15, -0.1) is 0 Å². The Hall–Kier alpha value is 3.47. The first kappa shape index (κ1) is 35.6. The molecule has 15 heteroatoms. The van der Waals surface area contributed by atoms with Gasteiger partial charge < -0.3 is 43.8 Å². The molecular weight excluding hydrogens is 412 g/mol. The van der Waals surface area contributed by atoms with Crippen molar-refractivity contribution in [2.24, 2.45) is 0 Å². The van der Waals surface area contributed by atoms with Crippen molar-refractivity contribution in [3.63, 3.8) is 0 Å². The molecular formula is C6H11Ca3NO9P2. The Kier molecular flexibility index (Phi) is 33.5. The molecule has 1 aliphatic heterocycles. The predicted octanol–water partition coefficient (Wildman–Crippen LogP) is -6.11. The van der Waals surface area contributed by atoms with Crippen LogP contribution in [0.15, 0.2) is 0 Å². The van der Waals surface area contributed by atoms with Gasteiger partial charge in [-0.3, -0.25) is 4.79 Å². The van der Waals surface area contributed by atoms with E-state index in [0.717, 1.165) is 25.8 Å². The fourth-order valence-electron chi connectivity index (χ4n) is 0.904. The molecule has 10 nitrogen and oxygen atoms in total. The van der Waals surface area contributed by atoms with E-state index in [1.54, 1.807) is 0 Å². The van der Waals surface area contributed by atoms with Crippen molar-refractivity contribution >= 4 is 135 Å². The van der Waals surface area contributed by atoms with Crippen LogP contribution in [0.1, 0.15) is 25.7 Å². The summed E-state index contributed by atoms with van der Waals surface area (Å²) in [5, 5.41) is 2.81. The van der Waals surface area contributed by atoms with Crippen LogP contribution in [0, 0.1) is 0 Å². The van der Waals surface area contributed by atoms with Crippen molar-refractivity contribution < 1.29 is 43.3 Å². The molecule has 0 aromatic heterocycles. The average molecular weight is 423 g/mol. The molecule has 0 radical (unpaired) electrons. The zero-order valence-electron chi connectivity index (χ0n) is 11.2. The van der Waals surface area contributed by atoms with E-state index in [1.807, 2.05) is 0 Å². The second-order valence-corrected chi connectivity index (χ2v) is 4.84. The SMILES string of the molecule is O=C1CCCCCN1.O=P([O-])([O-])[O-].O=P([O-])([O-])[O-].[Ca+2].[Ca+2].[Ca+2]. The van der Waals surface area contributed by atoms with Gasteiger partial charge in [0.05, 0.1) is 0 Å². The third kappa shape index (κ3) is 69.6. The van der Waals surface area contributed by atoms with Gasteiger partial charge in [-0.25, -0.2) is 0 Å². The van der Waals surface area contributed by atoms with Crippen LogP contribution in [0.2, 0.25) is 0 Å². The molecule has 1 fully saturated rings. The van der Waals surface area contributed by atoms with Crippen molar-refractivity contribution in [1.29, 1.82) is 0 Å². The predicted molar refractivity (Wildman–Crippen MR) is 64.0 cm³/mol. The van der Waals surface area contributed by atoms with E-state index in [2.05, 4.69) is 5.32 Å². The van der Waals surface area contributed by atoms with Gasteiger partial charge in [0.1, 0.15) is 0 Å². The number of carbonyl (C=O) groups excluding carboxylic acids is 1. The fraction of sp³-hybridized carbons (Fsp3) is 0.833. The number of hydrogen-bond donors (Lipinski definition) is 1. The van der Waals surface area contributed by atoms with Crippen molar-refractivity contribution in [3.05, 3.63) is 0 Å². The number of carbonyl (C=O) groups is 1. The molecule has 0 bridgehead atoms. The number of phosphoric acid groups is 2. The van der Waals surface area contributed by atoms with Gasteiger partial charge in [-0.1, -0.05) is 6.42 Å². The van der Waals surface area contributed by atoms with E-state index in [4.69, 9.17) is 38.5 Å². The van der Waals surface area contributed by atoms with Crippen LogP contribution < -0.4 is 34.7 Å². The smallest absolute Gasteiger partial charge is 0.822 e. The van der Waals surface area contributed by atoms with E-state index in [9.17, 15) is 4.79 Å². The largest absolute Gasteiger partial charge is 2.00 e. The molecule has 0 unspecified atom stereocenters. The molecule has 0 spiro atoms. The normalized spacial score (nSPS) is 13.9. The summed E-state index contributed by atoms with van der Waals surface area (Å²) < 4.78 is 17.1. The van der Waals surface area contributed by atoms with E-state index in [-0.39, 0.29) is 119 Å². The Bertz CT molecular complexity index is 287. The van der Waals surface area contributed by atoms with E-state index in [0.29, 0.717) is 0 Å². The van der Waals surface area contributed by atoms with Gasteiger partial charge in [0, 0.05) is 13.0 Å². The van der Waals surface area contributed by atoms with Gasteiger partial charge in [0.15, 0.2) is 0 Å². The van der Waals surface area contributed by atoms with Gasteiger partial charge in [0.25, 0.3) is 0 Å². The van der Waals surface area contributed by atoms with E-state index >= 15 is 0 Å². The first-order chi connectivity index (χ1) is 7.89. The van der Waals surface area contributed by atoms with Crippen LogP contribution in [0.5, 0.6) is 0 Å². The van der Waals surface area contributed by atoms with Gasteiger partial charge >= 0.3 is 113 Å². The minimum absolute atomic E-state index is 0. The Morgan fingerprint density at radius 2 is 1.10 bits per heavy atom. The Morgan fingerprint density at radius 1 is 0.762 bits per heavy atom. The standard InChI is InChI=1S/C6H11NO.3Ca.2H3O4P/c8-6-4-2-1-3-5-7-6;;;;2*1-5(2,3)4/h1-5H2,(H,7,8);;;;2*(H3,1,2,3,4)/q;3*+2;;/p-6. The third-order valence-electron chi connectivity index (χ3n) is 1.40. The molecule has 1 heterocycles. The Labute approximate surface area is 211 Å². The van der Waals surface area contributed by atoms with Crippen molar-refractivity contribution in [2.45, 2.75) is 25.7 Å². The average Bonchev–Trinajstić information content (AvgIpc) is 2.25. The summed E-state index contributed by atoms with van der Waals surface area (Å²) in [6.07, 6.45) is 4.18. The monoisotopic (exact) mass is 423 g/mol. The molecule has 1 aliphatic rings. The summed E-state index contributed by atoms with van der Waals surface area (Å²) in [6.45, 7) is 0.888. The van der Waals surface area contributed by atoms with Crippen LogP contribution in [-0.2, 0) is 13.9 Å². The molecule has 110 valence electrons. The maximum Gasteiger partial charge on any atom is 2.00 e. The van der Waals surface area contributed by atoms with Crippen molar-refractivity contribution in [2.75, 3.05) is 6.54 Å². The van der Waals surface area contributed by atoms with Gasteiger partial charge in [-0.2, -0.15) is 15.6 Å². The summed E-state index contributed by atoms with van der Waals surface area (Å²) in [4.78, 5) is 61.9. The van der Waals surface area contributed by atoms with Crippen LogP contribution in [0.3, 0.4) is 0 Å². The third-order valence-corrected chi connectivity index (χ3v) is 1.40. The molecule has 1 saturated heterocycles. The van der Waals surface area contributed by atoms with Crippen molar-refractivity contribution in [1.82, 2.24) is 5.32 Å². The summed E-state index contributed by atoms with van der Waals surface area (Å²) in [7, 11) is -10.8. The minimum Gasteiger partial charge on any atom is -0.822 e. The molecule has 0 aromatic carbocycles. The summed E-state index contributed by atoms with van der Waals surface area (Å²) in [5.74, 6) is 0.225. The number of rotatable bonds is 0. The maximum absolute atomic E-state index is 10.6. The summed E-state index contributed by atoms with van der Waals surface area (Å²) >= 11 is 0. The van der Waals surface area contributed by atoms with Gasteiger partial charge in [-0.05, 0) is 12.8 Å². The second-order valence-electron chi connectivity index (χ2n) is 3.06. The van der Waals surface area contributed by atoms with Crippen molar-refractivity contribution in [3.8, 4) is 0 Å². The van der Waals surface area contributed by atoms with Crippen LogP contribution in [-0.4, -0.2) is 126 Å². The summed E-state index contributed by atoms with van der Waals surface area (Å²) in [6, 6.07) is 0. The number of amides is 1. The molecule has 0 aliphatic carbocycles. The number of nitrogens with one attached hydrogen (secondary N) is 1. The molecule has 0 aromatic rings. The molecule has 21 heavy (non-hydrogen) atoms. The first-order valence-corrected chi connectivity index (χ1v) is 7.54. The minimum atomic E-state index is -5.39. The van der Waals surface area contributed by atoms with E-state index < -0.39 is 15.6 Å². The Morgan fingerprint density at radius 3 is 1.43 bits per heavy atom. The van der Waals surface area contributed by atoms with E-state index in [1.165, 1.54) is 6.42 Å². The molecule has 1 amide bonds. The van der Waals surface area contributed by atoms with Crippen LogP contribution >= 0.6 is 15.6 Å². The molecule has 0 atom stereocenters. The summed E-state index contributed by atoms with van der Waals surface area (Å²) in [5.41, 5.74) is 0. The fourth-order valence-corrected chi connectivity index (χ4v) is 0.904.